The molecule has 0 aromatic heterocycles. The zero-order valence-electron chi connectivity index (χ0n) is 16.0. The Labute approximate surface area is 161 Å². The molecular formula is C21H26N2O3S. The van der Waals surface area contributed by atoms with Crippen LogP contribution in [0.5, 0.6) is 0 Å². The third-order valence-corrected chi connectivity index (χ3v) is 6.33. The lowest BCUT2D eigenvalue weighted by molar-refractivity contribution is -0.119. The molecule has 1 aliphatic rings. The van der Waals surface area contributed by atoms with Gasteiger partial charge in [0.25, 0.3) is 10.0 Å². The molecule has 3 rings (SSSR count). The molecule has 27 heavy (non-hydrogen) atoms. The van der Waals surface area contributed by atoms with Gasteiger partial charge in [-0.3, -0.25) is 9.52 Å². The van der Waals surface area contributed by atoms with Crippen LogP contribution in [-0.4, -0.2) is 20.9 Å². The first-order valence-electron chi connectivity index (χ1n) is 9.32. The molecule has 5 nitrogen and oxygen atoms in total. The molecule has 1 heterocycles. The fraction of sp³-hybridized carbons (Fsp3) is 0.381. The van der Waals surface area contributed by atoms with Crippen LogP contribution < -0.4 is 9.62 Å². The van der Waals surface area contributed by atoms with Crippen molar-refractivity contribution in [3.05, 3.63) is 53.6 Å². The van der Waals surface area contributed by atoms with E-state index in [1.807, 2.05) is 25.1 Å². The molecule has 0 unspecified atom stereocenters. The first-order valence-corrected chi connectivity index (χ1v) is 10.8. The lowest BCUT2D eigenvalue weighted by Crippen LogP contribution is -2.35. The third-order valence-electron chi connectivity index (χ3n) is 4.93. The molecule has 2 aromatic carbocycles. The standard InChI is InChI=1S/C21H26N2O3S/c1-15(2)17-8-11-19(12-9-17)27(25,26)22-18-10-7-16(3)20(14-18)23-13-5-4-6-21(23)24/h7-12,14-15,22H,4-6,13H2,1-3H3. The Balaban J connectivity index is 1.86. The van der Waals surface area contributed by atoms with Crippen LogP contribution in [0.25, 0.3) is 0 Å². The average molecular weight is 387 g/mol. The molecule has 1 N–H and O–H groups in total. The summed E-state index contributed by atoms with van der Waals surface area (Å²) in [5.74, 6) is 0.435. The number of piperidine rings is 1. The van der Waals surface area contributed by atoms with Crippen LogP contribution in [0.2, 0.25) is 0 Å². The molecule has 1 aliphatic heterocycles. The molecule has 1 fully saturated rings. The molecule has 0 saturated carbocycles. The number of rotatable bonds is 5. The number of carbonyl (C=O) groups excluding carboxylic acids is 1. The first kappa shape index (κ1) is 19.4. The fourth-order valence-electron chi connectivity index (χ4n) is 3.27. The van der Waals surface area contributed by atoms with E-state index >= 15 is 0 Å². The van der Waals surface area contributed by atoms with Crippen molar-refractivity contribution < 1.29 is 13.2 Å². The van der Waals surface area contributed by atoms with Crippen molar-refractivity contribution in [3.8, 4) is 0 Å². The second-order valence-electron chi connectivity index (χ2n) is 7.33. The molecule has 1 amide bonds. The Bertz CT molecular complexity index is 934. The molecule has 0 spiro atoms. The van der Waals surface area contributed by atoms with Crippen LogP contribution in [0.3, 0.4) is 0 Å². The molecular weight excluding hydrogens is 360 g/mol. The lowest BCUT2D eigenvalue weighted by Gasteiger charge is -2.28. The van der Waals surface area contributed by atoms with E-state index in [0.717, 1.165) is 29.7 Å². The minimum absolute atomic E-state index is 0.0913. The van der Waals surface area contributed by atoms with E-state index in [1.165, 1.54) is 0 Å². The van der Waals surface area contributed by atoms with Gasteiger partial charge in [0.05, 0.1) is 10.6 Å². The van der Waals surface area contributed by atoms with E-state index in [2.05, 4.69) is 18.6 Å². The Morgan fingerprint density at radius 2 is 1.74 bits per heavy atom. The smallest absolute Gasteiger partial charge is 0.261 e. The largest absolute Gasteiger partial charge is 0.312 e. The number of amides is 1. The van der Waals surface area contributed by atoms with Gasteiger partial charge < -0.3 is 4.90 Å². The highest BCUT2D eigenvalue weighted by Gasteiger charge is 2.22. The molecule has 0 aliphatic carbocycles. The van der Waals surface area contributed by atoms with Gasteiger partial charge >= 0.3 is 0 Å². The van der Waals surface area contributed by atoms with Gasteiger partial charge in [0, 0.05) is 18.7 Å². The molecule has 6 heteroatoms. The van der Waals surface area contributed by atoms with Crippen molar-refractivity contribution in [1.29, 1.82) is 0 Å². The molecule has 2 aromatic rings. The van der Waals surface area contributed by atoms with E-state index in [-0.39, 0.29) is 10.8 Å². The van der Waals surface area contributed by atoms with Crippen molar-refractivity contribution >= 4 is 27.3 Å². The molecule has 0 radical (unpaired) electrons. The number of nitrogens with zero attached hydrogens (tertiary/aromatic N) is 1. The summed E-state index contributed by atoms with van der Waals surface area (Å²) in [5.41, 5.74) is 3.28. The maximum absolute atomic E-state index is 12.7. The van der Waals surface area contributed by atoms with E-state index in [4.69, 9.17) is 0 Å². The molecule has 0 bridgehead atoms. The predicted molar refractivity (Wildman–Crippen MR) is 109 cm³/mol. The molecule has 1 saturated heterocycles. The summed E-state index contributed by atoms with van der Waals surface area (Å²) in [5, 5.41) is 0. The monoisotopic (exact) mass is 386 g/mol. The van der Waals surface area contributed by atoms with Gasteiger partial charge in [0.1, 0.15) is 0 Å². The topological polar surface area (TPSA) is 66.5 Å². The molecule has 144 valence electrons. The number of anilines is 2. The Hall–Kier alpha value is -2.34. The summed E-state index contributed by atoms with van der Waals surface area (Å²) in [6, 6.07) is 12.3. The number of hydrogen-bond donors (Lipinski definition) is 1. The van der Waals surface area contributed by atoms with Crippen molar-refractivity contribution in [2.24, 2.45) is 0 Å². The van der Waals surface area contributed by atoms with Gasteiger partial charge in [-0.25, -0.2) is 8.42 Å². The number of benzene rings is 2. The van der Waals surface area contributed by atoms with Gasteiger partial charge in [-0.2, -0.15) is 0 Å². The van der Waals surface area contributed by atoms with Crippen molar-refractivity contribution in [2.75, 3.05) is 16.2 Å². The summed E-state index contributed by atoms with van der Waals surface area (Å²) in [7, 11) is -3.68. The zero-order chi connectivity index (χ0) is 19.6. The average Bonchev–Trinajstić information content (AvgIpc) is 2.64. The Morgan fingerprint density at radius 1 is 1.04 bits per heavy atom. The quantitative estimate of drug-likeness (QED) is 0.826. The van der Waals surface area contributed by atoms with E-state index in [1.54, 1.807) is 29.2 Å². The normalized spacial score (nSPS) is 15.3. The summed E-state index contributed by atoms with van der Waals surface area (Å²) >= 11 is 0. The maximum Gasteiger partial charge on any atom is 0.261 e. The van der Waals surface area contributed by atoms with Gasteiger partial charge in [-0.1, -0.05) is 32.0 Å². The minimum Gasteiger partial charge on any atom is -0.312 e. The summed E-state index contributed by atoms with van der Waals surface area (Å²) < 4.78 is 28.1. The first-order chi connectivity index (χ1) is 12.8. The lowest BCUT2D eigenvalue weighted by atomic mass is 10.0. The van der Waals surface area contributed by atoms with Gasteiger partial charge in [-0.05, 0) is 61.1 Å². The Morgan fingerprint density at radius 3 is 2.37 bits per heavy atom. The van der Waals surface area contributed by atoms with Crippen LogP contribution in [0, 0.1) is 6.92 Å². The van der Waals surface area contributed by atoms with Crippen LogP contribution in [-0.2, 0) is 14.8 Å². The van der Waals surface area contributed by atoms with Crippen LogP contribution >= 0.6 is 0 Å². The molecule has 0 atom stereocenters. The fourth-order valence-corrected chi connectivity index (χ4v) is 4.32. The second kappa shape index (κ2) is 7.72. The second-order valence-corrected chi connectivity index (χ2v) is 9.02. The SMILES string of the molecule is Cc1ccc(NS(=O)(=O)c2ccc(C(C)C)cc2)cc1N1CCCCC1=O. The maximum atomic E-state index is 12.7. The van der Waals surface area contributed by atoms with Crippen molar-refractivity contribution in [3.63, 3.8) is 0 Å². The predicted octanol–water partition coefficient (Wildman–Crippen LogP) is 4.44. The number of nitrogens with one attached hydrogen (secondary N) is 1. The minimum atomic E-state index is -3.68. The highest BCUT2D eigenvalue weighted by molar-refractivity contribution is 7.92. The zero-order valence-corrected chi connectivity index (χ0v) is 16.8. The highest BCUT2D eigenvalue weighted by atomic mass is 32.2. The summed E-state index contributed by atoms with van der Waals surface area (Å²) in [6.07, 6.45) is 2.41. The Kier molecular flexibility index (Phi) is 5.56. The van der Waals surface area contributed by atoms with Gasteiger partial charge in [-0.15, -0.1) is 0 Å². The van der Waals surface area contributed by atoms with Crippen molar-refractivity contribution in [2.45, 2.75) is 50.8 Å². The summed E-state index contributed by atoms with van der Waals surface area (Å²) in [6.45, 7) is 6.74. The van der Waals surface area contributed by atoms with Crippen LogP contribution in [0.4, 0.5) is 11.4 Å². The van der Waals surface area contributed by atoms with Gasteiger partial charge in [0.2, 0.25) is 5.91 Å². The van der Waals surface area contributed by atoms with Gasteiger partial charge in [0.15, 0.2) is 0 Å². The van der Waals surface area contributed by atoms with E-state index < -0.39 is 10.0 Å². The van der Waals surface area contributed by atoms with E-state index in [9.17, 15) is 13.2 Å². The van der Waals surface area contributed by atoms with Crippen LogP contribution in [0.15, 0.2) is 47.4 Å². The number of sulfonamides is 1. The number of hydrogen-bond acceptors (Lipinski definition) is 3. The third kappa shape index (κ3) is 4.33. The highest BCUT2D eigenvalue weighted by Crippen LogP contribution is 2.29. The number of aryl methyl sites for hydroxylation is 1. The number of carbonyl (C=O) groups is 1. The van der Waals surface area contributed by atoms with Crippen molar-refractivity contribution in [1.82, 2.24) is 0 Å². The van der Waals surface area contributed by atoms with Crippen LogP contribution in [0.1, 0.15) is 50.2 Å². The summed E-state index contributed by atoms with van der Waals surface area (Å²) in [4.78, 5) is 14.2. The van der Waals surface area contributed by atoms with E-state index in [0.29, 0.717) is 24.6 Å².